The summed E-state index contributed by atoms with van der Waals surface area (Å²) in [6.45, 7) is 0. The lowest BCUT2D eigenvalue weighted by Gasteiger charge is -2.37. The number of allylic oxidation sites excluding steroid dienone is 2. The van der Waals surface area contributed by atoms with E-state index in [1.807, 2.05) is 12.2 Å². The molecule has 172 valence electrons. The molecule has 34 heavy (non-hydrogen) atoms. The minimum Gasteiger partial charge on any atom is -0.450 e. The number of carbonyl (C=O) groups is 2. The second-order valence-corrected chi connectivity index (χ2v) is 8.41. The van der Waals surface area contributed by atoms with Crippen molar-refractivity contribution in [3.8, 4) is 11.5 Å². The van der Waals surface area contributed by atoms with Crippen LogP contribution in [0.5, 0.6) is 11.5 Å². The van der Waals surface area contributed by atoms with Gasteiger partial charge in [0.2, 0.25) is 5.75 Å². The predicted octanol–water partition coefficient (Wildman–Crippen LogP) is 3.83. The number of hydrogen-bond acceptors (Lipinski definition) is 8. The van der Waals surface area contributed by atoms with Gasteiger partial charge in [0.05, 0.1) is 34.0 Å². The molecule has 1 aliphatic heterocycles. The number of nitro benzene ring substituents is 2. The molecule has 2 amide bonds. The van der Waals surface area contributed by atoms with Crippen LogP contribution in [0.15, 0.2) is 59.7 Å². The van der Waals surface area contributed by atoms with Crippen LogP contribution in [0.3, 0.4) is 0 Å². The van der Waals surface area contributed by atoms with Crippen molar-refractivity contribution in [2.45, 2.75) is 12.8 Å². The highest BCUT2D eigenvalue weighted by Crippen LogP contribution is 2.49. The Bertz CT molecular complexity index is 1240. The van der Waals surface area contributed by atoms with Crippen molar-refractivity contribution in [3.05, 3.63) is 80.4 Å². The molecule has 3 aliphatic carbocycles. The molecule has 4 aliphatic rings. The molecule has 1 saturated carbocycles. The van der Waals surface area contributed by atoms with Gasteiger partial charge in [-0.3, -0.25) is 29.8 Å². The lowest BCUT2D eigenvalue weighted by molar-refractivity contribution is -0.394. The first-order valence-corrected chi connectivity index (χ1v) is 10.6. The Labute approximate surface area is 192 Å². The number of imide groups is 1. The lowest BCUT2D eigenvalue weighted by atomic mass is 9.63. The number of fused-ring (bicyclic) bond motifs is 1. The number of amides is 2. The predicted molar refractivity (Wildman–Crippen MR) is 118 cm³/mol. The molecule has 2 aromatic rings. The summed E-state index contributed by atoms with van der Waals surface area (Å²) in [5, 5.41) is 27.2. The van der Waals surface area contributed by atoms with Crippen LogP contribution in [-0.4, -0.2) is 32.9 Å². The second kappa shape index (κ2) is 8.18. The van der Waals surface area contributed by atoms with Gasteiger partial charge in [-0.05, 0) is 60.6 Å². The summed E-state index contributed by atoms with van der Waals surface area (Å²) >= 11 is 0. The van der Waals surface area contributed by atoms with E-state index >= 15 is 0 Å². The monoisotopic (exact) mass is 462 g/mol. The first-order valence-electron chi connectivity index (χ1n) is 10.6. The van der Waals surface area contributed by atoms with E-state index in [0.717, 1.165) is 36.0 Å². The van der Waals surface area contributed by atoms with Gasteiger partial charge in [0.15, 0.2) is 0 Å². The Morgan fingerprint density at radius 2 is 1.53 bits per heavy atom. The summed E-state index contributed by atoms with van der Waals surface area (Å²) in [5.41, 5.74) is -0.363. The van der Waals surface area contributed by atoms with Crippen molar-refractivity contribution in [3.63, 3.8) is 0 Å². The highest BCUT2D eigenvalue weighted by atomic mass is 16.6. The van der Waals surface area contributed by atoms with E-state index in [-0.39, 0.29) is 47.0 Å². The highest BCUT2D eigenvalue weighted by Gasteiger charge is 2.56. The molecule has 0 spiro atoms. The van der Waals surface area contributed by atoms with Gasteiger partial charge in [0.1, 0.15) is 5.75 Å². The Morgan fingerprint density at radius 3 is 2.06 bits per heavy atom. The molecule has 11 heteroatoms. The highest BCUT2D eigenvalue weighted by molar-refractivity contribution is 6.06. The number of benzene rings is 2. The standard InChI is InChI=1S/C23H18N4O7/c28-22-20-14-3-4-15(6-5-14)21(20)23(29)25(22)24-12-13-1-8-17(9-2-13)34-19-10-7-16(26(30)31)11-18(19)27(32)33/h1-4,7-12,14-15,20-21H,5-6H2/b24-12-/t14-,15-,20+,21+/m0/s1. The summed E-state index contributed by atoms with van der Waals surface area (Å²) in [6.07, 6.45) is 7.31. The summed E-state index contributed by atoms with van der Waals surface area (Å²) < 4.78 is 5.53. The van der Waals surface area contributed by atoms with Gasteiger partial charge in [0.25, 0.3) is 17.5 Å². The normalized spacial score (nSPS) is 25.1. The quantitative estimate of drug-likeness (QED) is 0.208. The fraction of sp³-hybridized carbons (Fsp3) is 0.261. The van der Waals surface area contributed by atoms with Crippen LogP contribution in [0.25, 0.3) is 0 Å². The van der Waals surface area contributed by atoms with Crippen LogP contribution >= 0.6 is 0 Å². The average Bonchev–Trinajstić information content (AvgIpc) is 3.11. The van der Waals surface area contributed by atoms with E-state index < -0.39 is 21.2 Å². The topological polar surface area (TPSA) is 145 Å². The maximum absolute atomic E-state index is 12.8. The van der Waals surface area contributed by atoms with Crippen molar-refractivity contribution in [1.29, 1.82) is 0 Å². The smallest absolute Gasteiger partial charge is 0.318 e. The average molecular weight is 462 g/mol. The molecule has 6 rings (SSSR count). The third-order valence-electron chi connectivity index (χ3n) is 6.52. The number of hydrogen-bond donors (Lipinski definition) is 0. The summed E-state index contributed by atoms with van der Waals surface area (Å²) in [5.74, 6) is -0.903. The molecular formula is C23H18N4O7. The zero-order valence-corrected chi connectivity index (χ0v) is 17.6. The summed E-state index contributed by atoms with van der Waals surface area (Å²) in [6, 6.07) is 9.40. The van der Waals surface area contributed by atoms with Gasteiger partial charge in [0, 0.05) is 6.07 Å². The fourth-order valence-corrected chi connectivity index (χ4v) is 4.89. The SMILES string of the molecule is O=C1[C@H]2[C@H](C(=O)N1/N=C\c1ccc(Oc3ccc([N+](=O)[O-])cc3[N+](=O)[O-])cc1)[C@H]1C=C[C@H]2CC1. The van der Waals surface area contributed by atoms with Crippen LogP contribution in [0.4, 0.5) is 11.4 Å². The summed E-state index contributed by atoms with van der Waals surface area (Å²) in [7, 11) is 0. The van der Waals surface area contributed by atoms with Crippen molar-refractivity contribution in [2.75, 3.05) is 0 Å². The van der Waals surface area contributed by atoms with Crippen molar-refractivity contribution in [1.82, 2.24) is 5.01 Å². The summed E-state index contributed by atoms with van der Waals surface area (Å²) in [4.78, 5) is 46.3. The van der Waals surface area contributed by atoms with Gasteiger partial charge in [-0.25, -0.2) is 0 Å². The van der Waals surface area contributed by atoms with Crippen molar-refractivity contribution < 1.29 is 24.2 Å². The van der Waals surface area contributed by atoms with Gasteiger partial charge in [-0.15, -0.1) is 0 Å². The van der Waals surface area contributed by atoms with E-state index in [1.54, 1.807) is 12.1 Å². The molecule has 2 fully saturated rings. The Hall–Kier alpha value is -4.41. The van der Waals surface area contributed by atoms with E-state index in [2.05, 4.69) is 5.10 Å². The number of carbonyl (C=O) groups excluding carboxylic acids is 2. The van der Waals surface area contributed by atoms with E-state index in [9.17, 15) is 29.8 Å². The van der Waals surface area contributed by atoms with Crippen LogP contribution in [-0.2, 0) is 9.59 Å². The zero-order chi connectivity index (χ0) is 24.0. The van der Waals surface area contributed by atoms with E-state index in [0.29, 0.717) is 5.56 Å². The maximum Gasteiger partial charge on any atom is 0.318 e. The van der Waals surface area contributed by atoms with Gasteiger partial charge < -0.3 is 4.74 Å². The first-order chi connectivity index (χ1) is 16.3. The zero-order valence-electron chi connectivity index (χ0n) is 17.6. The first kappa shape index (κ1) is 21.4. The van der Waals surface area contributed by atoms with Crippen LogP contribution in [0, 0.1) is 43.9 Å². The maximum atomic E-state index is 12.8. The molecule has 0 aromatic heterocycles. The van der Waals surface area contributed by atoms with Gasteiger partial charge in [-0.1, -0.05) is 12.2 Å². The minimum atomic E-state index is -0.757. The number of ether oxygens (including phenoxy) is 1. The molecule has 0 unspecified atom stereocenters. The molecule has 1 heterocycles. The Morgan fingerprint density at radius 1 is 0.912 bits per heavy atom. The minimum absolute atomic E-state index is 0.0894. The molecule has 2 bridgehead atoms. The van der Waals surface area contributed by atoms with Crippen LogP contribution in [0.1, 0.15) is 18.4 Å². The third kappa shape index (κ3) is 3.60. The van der Waals surface area contributed by atoms with Crippen molar-refractivity contribution in [2.24, 2.45) is 28.8 Å². The molecule has 0 radical (unpaired) electrons. The van der Waals surface area contributed by atoms with Crippen LogP contribution in [0.2, 0.25) is 0 Å². The fourth-order valence-electron chi connectivity index (χ4n) is 4.89. The Balaban J connectivity index is 1.30. The van der Waals surface area contributed by atoms with Gasteiger partial charge in [-0.2, -0.15) is 10.1 Å². The van der Waals surface area contributed by atoms with Gasteiger partial charge >= 0.3 is 5.69 Å². The number of rotatable bonds is 6. The molecule has 4 atom stereocenters. The van der Waals surface area contributed by atoms with E-state index in [4.69, 9.17) is 4.74 Å². The van der Waals surface area contributed by atoms with Crippen LogP contribution < -0.4 is 4.74 Å². The molecule has 2 aromatic carbocycles. The number of hydrazone groups is 1. The van der Waals surface area contributed by atoms with Crippen molar-refractivity contribution >= 4 is 29.4 Å². The molecule has 0 N–H and O–H groups in total. The largest absolute Gasteiger partial charge is 0.450 e. The molecule has 1 saturated heterocycles. The second-order valence-electron chi connectivity index (χ2n) is 8.41. The van der Waals surface area contributed by atoms with E-state index in [1.165, 1.54) is 18.3 Å². The number of nitrogens with zero attached hydrogens (tertiary/aromatic N) is 4. The molecule has 11 nitrogen and oxygen atoms in total. The number of nitro groups is 2. The lowest BCUT2D eigenvalue weighted by Crippen LogP contribution is -2.38. The number of non-ortho nitro benzene ring substituents is 1. The Kier molecular flexibility index (Phi) is 5.16. The third-order valence-corrected chi connectivity index (χ3v) is 6.52. The molecular weight excluding hydrogens is 444 g/mol.